The van der Waals surface area contributed by atoms with Crippen LogP contribution in [0.4, 0.5) is 5.69 Å². The van der Waals surface area contributed by atoms with E-state index in [0.717, 1.165) is 5.56 Å². The fourth-order valence-electron chi connectivity index (χ4n) is 2.82. The first kappa shape index (κ1) is 14.6. The lowest BCUT2D eigenvalue weighted by atomic mass is 10.1. The fraction of sp³-hybridized carbons (Fsp3) is 0.278. The van der Waals surface area contributed by atoms with Crippen LogP contribution >= 0.6 is 0 Å². The van der Waals surface area contributed by atoms with Crippen LogP contribution in [0.2, 0.25) is 0 Å². The molecule has 2 N–H and O–H groups in total. The maximum atomic E-state index is 12.7. The van der Waals surface area contributed by atoms with Gasteiger partial charge >= 0.3 is 0 Å². The number of nitrogens with two attached hydrogens (primary N) is 1. The van der Waals surface area contributed by atoms with Crippen LogP contribution in [-0.2, 0) is 4.74 Å². The summed E-state index contributed by atoms with van der Waals surface area (Å²) in [4.78, 5) is 14.5. The highest BCUT2D eigenvalue weighted by molar-refractivity contribution is 5.95. The van der Waals surface area contributed by atoms with Crippen LogP contribution in [0.15, 0.2) is 54.6 Å². The quantitative estimate of drug-likeness (QED) is 0.867. The molecule has 3 rings (SSSR count). The number of hydrogen-bond donors (Lipinski definition) is 1. The van der Waals surface area contributed by atoms with Gasteiger partial charge in [-0.15, -0.1) is 0 Å². The summed E-state index contributed by atoms with van der Waals surface area (Å²) in [5.41, 5.74) is 8.10. The zero-order chi connectivity index (χ0) is 15.5. The molecule has 22 heavy (non-hydrogen) atoms. The average Bonchev–Trinajstić information content (AvgIpc) is 2.54. The van der Waals surface area contributed by atoms with Gasteiger partial charge in [-0.2, -0.15) is 0 Å². The van der Waals surface area contributed by atoms with E-state index in [1.807, 2.05) is 42.2 Å². The molecule has 2 aromatic rings. The second kappa shape index (κ2) is 6.20. The van der Waals surface area contributed by atoms with E-state index in [4.69, 9.17) is 10.5 Å². The van der Waals surface area contributed by atoms with E-state index >= 15 is 0 Å². The smallest absolute Gasteiger partial charge is 0.254 e. The lowest BCUT2D eigenvalue weighted by Crippen LogP contribution is -2.45. The number of hydrogen-bond acceptors (Lipinski definition) is 3. The van der Waals surface area contributed by atoms with E-state index in [9.17, 15) is 4.79 Å². The largest absolute Gasteiger partial charge is 0.399 e. The zero-order valence-corrected chi connectivity index (χ0v) is 12.6. The highest BCUT2D eigenvalue weighted by Gasteiger charge is 2.29. The molecule has 114 valence electrons. The summed E-state index contributed by atoms with van der Waals surface area (Å²) in [6.07, 6.45) is -0.0843. The molecule has 1 aliphatic rings. The van der Waals surface area contributed by atoms with Gasteiger partial charge in [0.15, 0.2) is 0 Å². The van der Waals surface area contributed by atoms with E-state index in [-0.39, 0.29) is 18.1 Å². The molecule has 0 aliphatic carbocycles. The van der Waals surface area contributed by atoms with Gasteiger partial charge in [0.1, 0.15) is 6.10 Å². The van der Waals surface area contributed by atoms with E-state index in [0.29, 0.717) is 24.3 Å². The standard InChI is InChI=1S/C18H20N2O2/c1-13-11-20(18(21)15-8-5-9-16(19)10-15)12-17(22-13)14-6-3-2-4-7-14/h2-10,13,17H,11-12,19H2,1H3. The van der Waals surface area contributed by atoms with Crippen LogP contribution in [0.5, 0.6) is 0 Å². The zero-order valence-electron chi connectivity index (χ0n) is 12.6. The lowest BCUT2D eigenvalue weighted by Gasteiger charge is -2.37. The first-order chi connectivity index (χ1) is 10.6. The van der Waals surface area contributed by atoms with Crippen molar-refractivity contribution in [2.45, 2.75) is 19.1 Å². The van der Waals surface area contributed by atoms with Gasteiger partial charge in [0.25, 0.3) is 5.91 Å². The van der Waals surface area contributed by atoms with Crippen molar-refractivity contribution in [3.8, 4) is 0 Å². The van der Waals surface area contributed by atoms with Crippen molar-refractivity contribution in [2.75, 3.05) is 18.8 Å². The Morgan fingerprint density at radius 1 is 1.14 bits per heavy atom. The first-order valence-electron chi connectivity index (χ1n) is 7.48. The van der Waals surface area contributed by atoms with Gasteiger partial charge in [-0.05, 0) is 30.7 Å². The fourth-order valence-corrected chi connectivity index (χ4v) is 2.82. The number of morpholine rings is 1. The van der Waals surface area contributed by atoms with Crippen LogP contribution in [0.1, 0.15) is 28.9 Å². The summed E-state index contributed by atoms with van der Waals surface area (Å²) in [6.45, 7) is 3.15. The lowest BCUT2D eigenvalue weighted by molar-refractivity contribution is -0.0691. The predicted octanol–water partition coefficient (Wildman–Crippen LogP) is 2.87. The molecule has 1 heterocycles. The van der Waals surface area contributed by atoms with Gasteiger partial charge in [-0.25, -0.2) is 0 Å². The van der Waals surface area contributed by atoms with Gasteiger partial charge in [0.2, 0.25) is 0 Å². The van der Waals surface area contributed by atoms with Gasteiger partial charge in [0.05, 0.1) is 12.6 Å². The summed E-state index contributed by atoms with van der Waals surface area (Å²) >= 11 is 0. The number of rotatable bonds is 2. The maximum Gasteiger partial charge on any atom is 0.254 e. The Morgan fingerprint density at radius 3 is 2.64 bits per heavy atom. The van der Waals surface area contributed by atoms with Gasteiger partial charge < -0.3 is 15.4 Å². The summed E-state index contributed by atoms with van der Waals surface area (Å²) in [5.74, 6) is 0.00313. The Balaban J connectivity index is 1.80. The summed E-state index contributed by atoms with van der Waals surface area (Å²) in [7, 11) is 0. The van der Waals surface area contributed by atoms with Gasteiger partial charge in [-0.1, -0.05) is 36.4 Å². The van der Waals surface area contributed by atoms with Crippen molar-refractivity contribution >= 4 is 11.6 Å². The average molecular weight is 296 g/mol. The molecule has 0 aromatic heterocycles. The Kier molecular flexibility index (Phi) is 4.11. The molecule has 0 saturated carbocycles. The number of anilines is 1. The van der Waals surface area contributed by atoms with Gasteiger partial charge in [-0.3, -0.25) is 4.79 Å². The van der Waals surface area contributed by atoms with Crippen molar-refractivity contribution in [1.82, 2.24) is 4.90 Å². The van der Waals surface area contributed by atoms with E-state index in [1.54, 1.807) is 24.3 Å². The second-order valence-corrected chi connectivity index (χ2v) is 5.68. The third-order valence-corrected chi connectivity index (χ3v) is 3.85. The molecule has 1 fully saturated rings. The Bertz CT molecular complexity index is 657. The molecule has 0 spiro atoms. The summed E-state index contributed by atoms with van der Waals surface area (Å²) < 4.78 is 5.99. The van der Waals surface area contributed by atoms with Crippen molar-refractivity contribution < 1.29 is 9.53 Å². The van der Waals surface area contributed by atoms with Crippen LogP contribution in [0.3, 0.4) is 0 Å². The third kappa shape index (κ3) is 3.12. The minimum atomic E-state index is -0.0880. The summed E-state index contributed by atoms with van der Waals surface area (Å²) in [5, 5.41) is 0. The predicted molar refractivity (Wildman–Crippen MR) is 86.5 cm³/mol. The molecule has 0 radical (unpaired) electrons. The molecule has 0 bridgehead atoms. The minimum Gasteiger partial charge on any atom is -0.399 e. The van der Waals surface area contributed by atoms with Crippen LogP contribution in [-0.4, -0.2) is 30.0 Å². The third-order valence-electron chi connectivity index (χ3n) is 3.85. The number of benzene rings is 2. The monoisotopic (exact) mass is 296 g/mol. The topological polar surface area (TPSA) is 55.6 Å². The van der Waals surface area contributed by atoms with Crippen molar-refractivity contribution in [3.63, 3.8) is 0 Å². The molecule has 4 heteroatoms. The number of ether oxygens (including phenoxy) is 1. The highest BCUT2D eigenvalue weighted by atomic mass is 16.5. The van der Waals surface area contributed by atoms with E-state index in [2.05, 4.69) is 0 Å². The number of nitrogens with zero attached hydrogens (tertiary/aromatic N) is 1. The SMILES string of the molecule is CC1CN(C(=O)c2cccc(N)c2)CC(c2ccccc2)O1. The van der Waals surface area contributed by atoms with Crippen molar-refractivity contribution in [2.24, 2.45) is 0 Å². The van der Waals surface area contributed by atoms with Crippen LogP contribution in [0.25, 0.3) is 0 Å². The van der Waals surface area contributed by atoms with Crippen molar-refractivity contribution in [1.29, 1.82) is 0 Å². The Morgan fingerprint density at radius 2 is 1.91 bits per heavy atom. The molecule has 2 aromatic carbocycles. The van der Waals surface area contributed by atoms with Crippen LogP contribution < -0.4 is 5.73 Å². The van der Waals surface area contributed by atoms with Crippen molar-refractivity contribution in [3.05, 3.63) is 65.7 Å². The minimum absolute atomic E-state index is 0.00313. The molecule has 2 atom stereocenters. The first-order valence-corrected chi connectivity index (χ1v) is 7.48. The number of nitrogen functional groups attached to an aromatic ring is 1. The molecular formula is C18H20N2O2. The highest BCUT2D eigenvalue weighted by Crippen LogP contribution is 2.26. The van der Waals surface area contributed by atoms with E-state index in [1.165, 1.54) is 0 Å². The molecule has 2 unspecified atom stereocenters. The van der Waals surface area contributed by atoms with E-state index < -0.39 is 0 Å². The number of amides is 1. The number of carbonyl (C=O) groups excluding carboxylic acids is 1. The molecular weight excluding hydrogens is 276 g/mol. The molecule has 4 nitrogen and oxygen atoms in total. The molecule has 1 aliphatic heterocycles. The van der Waals surface area contributed by atoms with Gasteiger partial charge in [0, 0.05) is 17.8 Å². The molecule has 1 saturated heterocycles. The Labute approximate surface area is 130 Å². The normalized spacial score (nSPS) is 21.6. The summed E-state index contributed by atoms with van der Waals surface area (Å²) in [6, 6.07) is 17.1. The maximum absolute atomic E-state index is 12.7. The Hall–Kier alpha value is -2.33. The molecule has 1 amide bonds. The van der Waals surface area contributed by atoms with Crippen LogP contribution in [0, 0.1) is 0 Å². The second-order valence-electron chi connectivity index (χ2n) is 5.68. The number of carbonyl (C=O) groups is 1.